The van der Waals surface area contributed by atoms with E-state index in [9.17, 15) is 19.2 Å². The molecule has 154 valence electrons. The molecule has 7 N–H and O–H groups in total. The van der Waals surface area contributed by atoms with E-state index in [-0.39, 0.29) is 36.7 Å². The van der Waals surface area contributed by atoms with E-state index in [4.69, 9.17) is 15.9 Å². The summed E-state index contributed by atoms with van der Waals surface area (Å²) in [6, 6.07) is -1.21. The van der Waals surface area contributed by atoms with Crippen molar-refractivity contribution in [3.63, 3.8) is 0 Å². The van der Waals surface area contributed by atoms with Crippen LogP contribution in [0.1, 0.15) is 56.4 Å². The normalized spacial score (nSPS) is 16.5. The number of nitrogens with one attached hydrogen (secondary N) is 3. The highest BCUT2D eigenvalue weighted by molar-refractivity contribution is 5.83. The smallest absolute Gasteiger partial charge is 0.326 e. The van der Waals surface area contributed by atoms with Crippen molar-refractivity contribution in [2.75, 3.05) is 17.6 Å². The minimum Gasteiger partial charge on any atom is -0.481 e. The predicted molar refractivity (Wildman–Crippen MR) is 100 cm³/mol. The van der Waals surface area contributed by atoms with E-state index in [2.05, 4.69) is 20.6 Å². The summed E-state index contributed by atoms with van der Waals surface area (Å²) in [6.45, 7) is 0.678. The maximum Gasteiger partial charge on any atom is 0.326 e. The molecular formula is C17H25N5O6. The van der Waals surface area contributed by atoms with E-state index in [0.717, 1.165) is 6.42 Å². The average molecular weight is 395 g/mol. The molecule has 1 amide bonds. The number of carboxylic acid groups (broad SMARTS) is 2. The summed E-state index contributed by atoms with van der Waals surface area (Å²) in [5.74, 6) is -2.24. The number of carbonyl (C=O) groups excluding carboxylic acids is 1. The number of aromatic nitrogens is 2. The Morgan fingerprint density at radius 3 is 2.68 bits per heavy atom. The van der Waals surface area contributed by atoms with Crippen LogP contribution < -0.4 is 21.9 Å². The molecule has 2 heterocycles. The van der Waals surface area contributed by atoms with E-state index in [0.29, 0.717) is 37.2 Å². The fourth-order valence-electron chi connectivity index (χ4n) is 3.28. The molecule has 2 atom stereocenters. The number of unbranched alkanes of at least 4 members (excludes halogenated alkanes) is 1. The number of nitrogens with two attached hydrogens (primary N) is 1. The van der Waals surface area contributed by atoms with Crippen LogP contribution in [0.5, 0.6) is 0 Å². The zero-order chi connectivity index (χ0) is 20.7. The number of hydrogen-bond donors (Lipinski definition) is 6. The van der Waals surface area contributed by atoms with Gasteiger partial charge in [0.2, 0.25) is 11.9 Å². The van der Waals surface area contributed by atoms with Gasteiger partial charge in [-0.25, -0.2) is 4.79 Å². The number of aliphatic carboxylic acids is 2. The lowest BCUT2D eigenvalue weighted by Crippen LogP contribution is -2.41. The van der Waals surface area contributed by atoms with Crippen molar-refractivity contribution < 1.29 is 24.6 Å². The van der Waals surface area contributed by atoms with Crippen LogP contribution in [0.3, 0.4) is 0 Å². The number of H-pyrrole nitrogens is 1. The van der Waals surface area contributed by atoms with Gasteiger partial charge in [-0.05, 0) is 31.6 Å². The van der Waals surface area contributed by atoms with Crippen LogP contribution in [0.2, 0.25) is 0 Å². The number of aromatic amines is 1. The van der Waals surface area contributed by atoms with Gasteiger partial charge in [0.15, 0.2) is 0 Å². The SMILES string of the molecule is Nc1nc2c(c(=O)[nH]1)C(CCCCC(=O)N[C@@H](CCC(=O)O)C(=O)O)CCN2. The van der Waals surface area contributed by atoms with Gasteiger partial charge < -0.3 is 26.6 Å². The molecule has 0 saturated carbocycles. The van der Waals surface area contributed by atoms with Crippen molar-refractivity contribution in [3.8, 4) is 0 Å². The number of carbonyl (C=O) groups is 3. The third kappa shape index (κ3) is 5.96. The predicted octanol–water partition coefficient (Wildman–Crippen LogP) is 0.246. The maximum absolute atomic E-state index is 12.2. The highest BCUT2D eigenvalue weighted by Crippen LogP contribution is 2.31. The first-order valence-corrected chi connectivity index (χ1v) is 9.15. The highest BCUT2D eigenvalue weighted by atomic mass is 16.4. The fourth-order valence-corrected chi connectivity index (χ4v) is 3.28. The van der Waals surface area contributed by atoms with Crippen molar-refractivity contribution in [2.45, 2.75) is 56.9 Å². The van der Waals surface area contributed by atoms with E-state index >= 15 is 0 Å². The topological polar surface area (TPSA) is 187 Å². The molecule has 0 aliphatic carbocycles. The van der Waals surface area contributed by atoms with Gasteiger partial charge in [-0.1, -0.05) is 6.42 Å². The van der Waals surface area contributed by atoms with Crippen molar-refractivity contribution in [1.29, 1.82) is 0 Å². The van der Waals surface area contributed by atoms with Crippen molar-refractivity contribution in [1.82, 2.24) is 15.3 Å². The molecule has 1 aromatic rings. The van der Waals surface area contributed by atoms with Gasteiger partial charge >= 0.3 is 11.9 Å². The van der Waals surface area contributed by atoms with Crippen LogP contribution in [0.4, 0.5) is 11.8 Å². The lowest BCUT2D eigenvalue weighted by atomic mass is 9.89. The van der Waals surface area contributed by atoms with Crippen LogP contribution in [0.15, 0.2) is 4.79 Å². The molecule has 1 unspecified atom stereocenters. The third-order valence-electron chi connectivity index (χ3n) is 4.65. The molecule has 0 fully saturated rings. The summed E-state index contributed by atoms with van der Waals surface area (Å²) >= 11 is 0. The Bertz CT molecular complexity index is 793. The summed E-state index contributed by atoms with van der Waals surface area (Å²) in [7, 11) is 0. The Kier molecular flexibility index (Phi) is 7.36. The van der Waals surface area contributed by atoms with Gasteiger partial charge in [0.05, 0.1) is 5.56 Å². The molecule has 1 aliphatic rings. The second-order valence-electron chi connectivity index (χ2n) is 6.76. The molecule has 1 aromatic heterocycles. The lowest BCUT2D eigenvalue weighted by Gasteiger charge is -2.24. The summed E-state index contributed by atoms with van der Waals surface area (Å²) in [4.78, 5) is 52.3. The van der Waals surface area contributed by atoms with Gasteiger partial charge in [0.25, 0.3) is 5.56 Å². The largest absolute Gasteiger partial charge is 0.481 e. The Labute approximate surface area is 160 Å². The Hall–Kier alpha value is -3.11. The number of rotatable bonds is 10. The lowest BCUT2D eigenvalue weighted by molar-refractivity contribution is -0.143. The van der Waals surface area contributed by atoms with Gasteiger partial charge in [-0.15, -0.1) is 0 Å². The second-order valence-corrected chi connectivity index (χ2v) is 6.76. The van der Waals surface area contributed by atoms with Crippen LogP contribution >= 0.6 is 0 Å². The van der Waals surface area contributed by atoms with E-state index in [1.807, 2.05) is 0 Å². The van der Waals surface area contributed by atoms with Gasteiger partial charge in [0.1, 0.15) is 11.9 Å². The molecule has 0 saturated heterocycles. The fraction of sp³-hybridized carbons (Fsp3) is 0.588. The Morgan fingerprint density at radius 2 is 2.00 bits per heavy atom. The zero-order valence-electron chi connectivity index (χ0n) is 15.4. The first-order valence-electron chi connectivity index (χ1n) is 9.15. The maximum atomic E-state index is 12.2. The van der Waals surface area contributed by atoms with Gasteiger partial charge in [-0.3, -0.25) is 19.4 Å². The number of carboxylic acids is 2. The van der Waals surface area contributed by atoms with Crippen LogP contribution in [0, 0.1) is 0 Å². The van der Waals surface area contributed by atoms with Crippen LogP contribution in [-0.4, -0.2) is 50.6 Å². The second kappa shape index (κ2) is 9.72. The minimum absolute atomic E-state index is 0.0125. The van der Waals surface area contributed by atoms with Gasteiger partial charge in [-0.2, -0.15) is 4.98 Å². The van der Waals surface area contributed by atoms with Crippen molar-refractivity contribution in [2.24, 2.45) is 0 Å². The molecule has 1 aliphatic heterocycles. The van der Waals surface area contributed by atoms with Gasteiger partial charge in [0, 0.05) is 19.4 Å². The first kappa shape index (κ1) is 21.2. The standard InChI is InChI=1S/C17H25N5O6/c18-17-21-14-13(15(26)22-17)9(7-8-19-14)3-1-2-4-11(23)20-10(16(27)28)5-6-12(24)25/h9-10H,1-8H2,(H,20,23)(H,24,25)(H,27,28)(H4,18,19,21,22,26)/t9?,10-/m0/s1. The molecule has 11 heteroatoms. The summed E-state index contributed by atoms with van der Waals surface area (Å²) in [5.41, 5.74) is 5.87. The monoisotopic (exact) mass is 395 g/mol. The third-order valence-corrected chi connectivity index (χ3v) is 4.65. The number of anilines is 2. The molecule has 0 radical (unpaired) electrons. The zero-order valence-corrected chi connectivity index (χ0v) is 15.4. The molecule has 0 spiro atoms. The first-order chi connectivity index (χ1) is 13.3. The number of hydrogen-bond acceptors (Lipinski definition) is 7. The molecular weight excluding hydrogens is 370 g/mol. The summed E-state index contributed by atoms with van der Waals surface area (Å²) < 4.78 is 0. The Morgan fingerprint density at radius 1 is 1.25 bits per heavy atom. The summed E-state index contributed by atoms with van der Waals surface area (Å²) in [6.07, 6.45) is 2.29. The molecule has 2 rings (SSSR count). The Balaban J connectivity index is 1.80. The van der Waals surface area contributed by atoms with E-state index in [1.54, 1.807) is 0 Å². The molecule has 11 nitrogen and oxygen atoms in total. The number of amides is 1. The minimum atomic E-state index is -1.26. The molecule has 0 aromatic carbocycles. The number of nitrogens with zero attached hydrogens (tertiary/aromatic N) is 1. The highest BCUT2D eigenvalue weighted by Gasteiger charge is 2.25. The summed E-state index contributed by atoms with van der Waals surface area (Å²) in [5, 5.41) is 23.1. The van der Waals surface area contributed by atoms with Crippen molar-refractivity contribution >= 4 is 29.6 Å². The van der Waals surface area contributed by atoms with Crippen LogP contribution in [-0.2, 0) is 14.4 Å². The number of fused-ring (bicyclic) bond motifs is 1. The van der Waals surface area contributed by atoms with Crippen molar-refractivity contribution in [3.05, 3.63) is 15.9 Å². The number of nitrogen functional groups attached to an aromatic ring is 1. The average Bonchev–Trinajstić information content (AvgIpc) is 2.61. The molecule has 28 heavy (non-hydrogen) atoms. The van der Waals surface area contributed by atoms with E-state index in [1.165, 1.54) is 0 Å². The molecule has 0 bridgehead atoms. The van der Waals surface area contributed by atoms with Crippen LogP contribution in [0.25, 0.3) is 0 Å². The quantitative estimate of drug-likeness (QED) is 0.302. The van der Waals surface area contributed by atoms with E-state index < -0.39 is 23.9 Å².